The summed E-state index contributed by atoms with van der Waals surface area (Å²) in [6.07, 6.45) is -0.348. The second-order valence-corrected chi connectivity index (χ2v) is 7.77. The zero-order valence-electron chi connectivity index (χ0n) is 14.3. The van der Waals surface area contributed by atoms with Crippen molar-refractivity contribution in [3.05, 3.63) is 32.8 Å². The maximum Gasteiger partial charge on any atom is 0.410 e. The van der Waals surface area contributed by atoms with Crippen molar-refractivity contribution in [1.29, 1.82) is 0 Å². The Morgan fingerprint density at radius 1 is 1.38 bits per heavy atom. The van der Waals surface area contributed by atoms with Crippen LogP contribution < -0.4 is 4.90 Å². The Bertz CT molecular complexity index is 645. The third-order valence-corrected chi connectivity index (χ3v) is 4.22. The molecule has 1 aromatic rings. The minimum absolute atomic E-state index is 0.0499. The van der Waals surface area contributed by atoms with Gasteiger partial charge in [-0.3, -0.25) is 10.1 Å². The predicted molar refractivity (Wildman–Crippen MR) is 95.4 cm³/mol. The summed E-state index contributed by atoms with van der Waals surface area (Å²) in [4.78, 5) is 26.8. The van der Waals surface area contributed by atoms with Crippen LogP contribution >= 0.6 is 15.9 Å². The molecule has 1 atom stereocenters. The molecular weight excluding hydrogens is 378 g/mol. The van der Waals surface area contributed by atoms with Gasteiger partial charge in [0.1, 0.15) is 11.3 Å². The fourth-order valence-electron chi connectivity index (χ4n) is 2.69. The maximum atomic E-state index is 12.2. The number of piperazine rings is 1. The van der Waals surface area contributed by atoms with Gasteiger partial charge in [-0.15, -0.1) is 0 Å². The molecule has 8 heteroatoms. The number of carbonyl (C=O) groups is 1. The highest BCUT2D eigenvalue weighted by atomic mass is 79.9. The number of halogens is 1. The Balaban J connectivity index is 2.15. The fraction of sp³-hybridized carbons (Fsp3) is 0.562. The molecule has 0 aromatic heterocycles. The van der Waals surface area contributed by atoms with Crippen LogP contribution in [0.1, 0.15) is 27.7 Å². The van der Waals surface area contributed by atoms with Gasteiger partial charge < -0.3 is 14.5 Å². The highest BCUT2D eigenvalue weighted by Crippen LogP contribution is 2.33. The molecule has 0 bridgehead atoms. The molecule has 1 fully saturated rings. The third-order valence-electron chi connectivity index (χ3n) is 3.72. The van der Waals surface area contributed by atoms with E-state index in [0.717, 1.165) is 0 Å². The topological polar surface area (TPSA) is 75.9 Å². The molecule has 1 saturated heterocycles. The molecule has 0 aliphatic carbocycles. The number of nitro groups is 1. The van der Waals surface area contributed by atoms with E-state index in [0.29, 0.717) is 29.8 Å². The lowest BCUT2D eigenvalue weighted by molar-refractivity contribution is -0.384. The van der Waals surface area contributed by atoms with Crippen LogP contribution in [-0.2, 0) is 4.74 Å². The zero-order valence-corrected chi connectivity index (χ0v) is 15.9. The Morgan fingerprint density at radius 3 is 2.58 bits per heavy atom. The zero-order chi connectivity index (χ0) is 18.1. The summed E-state index contributed by atoms with van der Waals surface area (Å²) in [5.41, 5.74) is 0.0866. The van der Waals surface area contributed by atoms with Crippen molar-refractivity contribution in [2.45, 2.75) is 39.3 Å². The van der Waals surface area contributed by atoms with Crippen LogP contribution in [0.5, 0.6) is 0 Å². The number of hydrogen-bond acceptors (Lipinski definition) is 5. The molecule has 0 radical (unpaired) electrons. The molecule has 1 heterocycles. The van der Waals surface area contributed by atoms with Gasteiger partial charge in [0.25, 0.3) is 5.69 Å². The highest BCUT2D eigenvalue weighted by Gasteiger charge is 2.32. The van der Waals surface area contributed by atoms with E-state index in [1.165, 1.54) is 6.07 Å². The number of benzene rings is 1. The first-order valence-electron chi connectivity index (χ1n) is 7.77. The second kappa shape index (κ2) is 6.96. The highest BCUT2D eigenvalue weighted by molar-refractivity contribution is 9.10. The van der Waals surface area contributed by atoms with Crippen LogP contribution in [0.15, 0.2) is 22.7 Å². The first kappa shape index (κ1) is 18.5. The van der Waals surface area contributed by atoms with Crippen molar-refractivity contribution in [3.63, 3.8) is 0 Å². The average molecular weight is 400 g/mol. The van der Waals surface area contributed by atoms with E-state index in [4.69, 9.17) is 4.74 Å². The van der Waals surface area contributed by atoms with Gasteiger partial charge in [-0.1, -0.05) is 15.9 Å². The number of rotatable bonds is 2. The Hall–Kier alpha value is -1.83. The first-order valence-corrected chi connectivity index (χ1v) is 8.56. The van der Waals surface area contributed by atoms with E-state index in [1.807, 2.05) is 32.6 Å². The fourth-order valence-corrected chi connectivity index (χ4v) is 3.04. The lowest BCUT2D eigenvalue weighted by atomic mass is 10.1. The maximum absolute atomic E-state index is 12.2. The van der Waals surface area contributed by atoms with Crippen molar-refractivity contribution < 1.29 is 14.5 Å². The van der Waals surface area contributed by atoms with Crippen LogP contribution in [0.3, 0.4) is 0 Å². The Labute approximate surface area is 149 Å². The number of hydrogen-bond donors (Lipinski definition) is 0. The number of carbonyl (C=O) groups excluding carboxylic acids is 1. The van der Waals surface area contributed by atoms with Crippen LogP contribution in [0.4, 0.5) is 16.2 Å². The number of anilines is 1. The molecule has 0 spiro atoms. The molecule has 7 nitrogen and oxygen atoms in total. The SMILES string of the molecule is C[C@@H]1CN(C(=O)OC(C)(C)C)CCN1c1ccc(Br)cc1[N+](=O)[O-]. The molecule has 0 saturated carbocycles. The van der Waals surface area contributed by atoms with Crippen LogP contribution in [0, 0.1) is 10.1 Å². The van der Waals surface area contributed by atoms with E-state index in [2.05, 4.69) is 15.9 Å². The van der Waals surface area contributed by atoms with Crippen LogP contribution in [0.25, 0.3) is 0 Å². The van der Waals surface area contributed by atoms with Crippen molar-refractivity contribution in [2.75, 3.05) is 24.5 Å². The molecule has 1 amide bonds. The normalized spacial score (nSPS) is 18.5. The molecule has 1 aliphatic rings. The van der Waals surface area contributed by atoms with Crippen molar-refractivity contribution in [2.24, 2.45) is 0 Å². The molecular formula is C16H22BrN3O4. The van der Waals surface area contributed by atoms with Crippen molar-refractivity contribution >= 4 is 33.4 Å². The number of nitrogens with zero attached hydrogens (tertiary/aromatic N) is 3. The van der Waals surface area contributed by atoms with Crippen molar-refractivity contribution in [3.8, 4) is 0 Å². The Morgan fingerprint density at radius 2 is 2.04 bits per heavy atom. The molecule has 1 aromatic carbocycles. The van der Waals surface area contributed by atoms with Gasteiger partial charge in [-0.2, -0.15) is 0 Å². The van der Waals surface area contributed by atoms with Crippen molar-refractivity contribution in [1.82, 2.24) is 4.90 Å². The summed E-state index contributed by atoms with van der Waals surface area (Å²) in [7, 11) is 0. The second-order valence-electron chi connectivity index (χ2n) is 6.86. The average Bonchev–Trinajstić information content (AvgIpc) is 2.45. The third kappa shape index (κ3) is 4.37. The van der Waals surface area contributed by atoms with Gasteiger partial charge in [0.15, 0.2) is 0 Å². The summed E-state index contributed by atoms with van der Waals surface area (Å²) in [6.45, 7) is 8.88. The number of nitro benzene ring substituents is 1. The summed E-state index contributed by atoms with van der Waals surface area (Å²) >= 11 is 3.27. The van der Waals surface area contributed by atoms with E-state index >= 15 is 0 Å². The molecule has 2 rings (SSSR count). The van der Waals surface area contributed by atoms with Gasteiger partial charge in [0.05, 0.1) is 4.92 Å². The Kier molecular flexibility index (Phi) is 5.37. The summed E-state index contributed by atoms with van der Waals surface area (Å²) in [6, 6.07) is 4.98. The largest absolute Gasteiger partial charge is 0.444 e. The van der Waals surface area contributed by atoms with Gasteiger partial charge in [0, 0.05) is 36.2 Å². The van der Waals surface area contributed by atoms with E-state index in [9.17, 15) is 14.9 Å². The molecule has 0 unspecified atom stereocenters. The first-order chi connectivity index (χ1) is 11.1. The predicted octanol–water partition coefficient (Wildman–Crippen LogP) is 3.80. The van der Waals surface area contributed by atoms with Gasteiger partial charge >= 0.3 is 6.09 Å². The van der Waals surface area contributed by atoms with Gasteiger partial charge in [0.2, 0.25) is 0 Å². The summed E-state index contributed by atoms with van der Waals surface area (Å²) in [5, 5.41) is 11.3. The van der Waals surface area contributed by atoms with E-state index < -0.39 is 5.60 Å². The molecule has 0 N–H and O–H groups in total. The number of ether oxygens (including phenoxy) is 1. The molecule has 132 valence electrons. The van der Waals surface area contributed by atoms with E-state index in [-0.39, 0.29) is 22.7 Å². The lowest BCUT2D eigenvalue weighted by Gasteiger charge is -2.41. The van der Waals surface area contributed by atoms with Gasteiger partial charge in [-0.25, -0.2) is 4.79 Å². The van der Waals surface area contributed by atoms with Crippen LogP contribution in [-0.4, -0.2) is 47.2 Å². The van der Waals surface area contributed by atoms with Crippen LogP contribution in [0.2, 0.25) is 0 Å². The number of amides is 1. The molecule has 1 aliphatic heterocycles. The summed E-state index contributed by atoms with van der Waals surface area (Å²) in [5.74, 6) is 0. The minimum Gasteiger partial charge on any atom is -0.444 e. The monoisotopic (exact) mass is 399 g/mol. The minimum atomic E-state index is -0.540. The quantitative estimate of drug-likeness (QED) is 0.558. The lowest BCUT2D eigenvalue weighted by Crippen LogP contribution is -2.54. The van der Waals surface area contributed by atoms with Gasteiger partial charge in [-0.05, 0) is 39.8 Å². The smallest absolute Gasteiger partial charge is 0.410 e. The van der Waals surface area contributed by atoms with E-state index in [1.54, 1.807) is 17.0 Å². The summed E-state index contributed by atoms with van der Waals surface area (Å²) < 4.78 is 6.06. The molecule has 24 heavy (non-hydrogen) atoms. The standard InChI is InChI=1S/C16H22BrN3O4/c1-11-10-18(15(21)24-16(2,3)4)7-8-19(11)13-6-5-12(17)9-14(13)20(22)23/h5-6,9,11H,7-8,10H2,1-4H3/t11-/m1/s1.